The molecule has 2 atom stereocenters. The molecular weight excluding hydrogens is 617 g/mol. The van der Waals surface area contributed by atoms with Crippen molar-refractivity contribution in [3.05, 3.63) is 24.3 Å². The van der Waals surface area contributed by atoms with Gasteiger partial charge in [-0.25, -0.2) is 4.57 Å². The Morgan fingerprint density at radius 3 is 1.66 bits per heavy atom. The van der Waals surface area contributed by atoms with Gasteiger partial charge >= 0.3 is 19.8 Å². The Kier molecular flexibility index (Phi) is 33.3. The molecule has 9 nitrogen and oxygen atoms in total. The first-order valence-electron chi connectivity index (χ1n) is 18.8. The molecule has 0 saturated heterocycles. The second-order valence-electron chi connectivity index (χ2n) is 12.4. The van der Waals surface area contributed by atoms with Crippen LogP contribution in [0, 0.1) is 0 Å². The van der Waals surface area contributed by atoms with Crippen LogP contribution in [0.15, 0.2) is 24.3 Å². The zero-order valence-corrected chi connectivity index (χ0v) is 30.9. The van der Waals surface area contributed by atoms with Gasteiger partial charge in [-0.2, -0.15) is 0 Å². The predicted molar refractivity (Wildman–Crippen MR) is 192 cm³/mol. The molecular formula is C37H70NO8P. The van der Waals surface area contributed by atoms with Gasteiger partial charge in [-0.05, 0) is 44.9 Å². The molecule has 0 aliphatic heterocycles. The van der Waals surface area contributed by atoms with Crippen molar-refractivity contribution in [3.8, 4) is 0 Å². The van der Waals surface area contributed by atoms with Crippen LogP contribution >= 0.6 is 7.82 Å². The minimum Gasteiger partial charge on any atom is -0.462 e. The summed E-state index contributed by atoms with van der Waals surface area (Å²) in [7, 11) is -4.37. The molecule has 0 aromatic carbocycles. The Morgan fingerprint density at radius 2 is 1.11 bits per heavy atom. The Bertz CT molecular complexity index is 835. The average molecular weight is 688 g/mol. The monoisotopic (exact) mass is 687 g/mol. The number of carbonyl (C=O) groups is 2. The normalized spacial score (nSPS) is 13.7. The molecule has 47 heavy (non-hydrogen) atoms. The standard InChI is InChI=1S/C37H70NO8P/c1-3-5-7-9-11-13-15-16-17-18-20-22-24-26-28-30-37(40)46-35(34-45-47(41,42)44-32-31-38)33-43-36(39)29-27-25-23-21-19-14-12-10-8-6-4-2/h11,13,16-17,35H,3-10,12,14-15,18-34,38H2,1-2H3,(H,41,42). The van der Waals surface area contributed by atoms with Gasteiger partial charge in [-0.1, -0.05) is 134 Å². The van der Waals surface area contributed by atoms with Crippen molar-refractivity contribution in [1.82, 2.24) is 0 Å². The van der Waals surface area contributed by atoms with Crippen molar-refractivity contribution in [1.29, 1.82) is 0 Å². The number of carbonyl (C=O) groups excluding carboxylic acids is 2. The Morgan fingerprint density at radius 1 is 0.638 bits per heavy atom. The number of phosphoric acid groups is 1. The number of rotatable bonds is 35. The average Bonchev–Trinajstić information content (AvgIpc) is 3.05. The van der Waals surface area contributed by atoms with E-state index < -0.39 is 26.5 Å². The van der Waals surface area contributed by atoms with Gasteiger partial charge in [0.25, 0.3) is 0 Å². The molecule has 0 fully saturated rings. The molecule has 0 aromatic heterocycles. The van der Waals surface area contributed by atoms with Gasteiger partial charge in [0.05, 0.1) is 13.2 Å². The van der Waals surface area contributed by atoms with Crippen molar-refractivity contribution in [2.45, 2.75) is 174 Å². The van der Waals surface area contributed by atoms with Gasteiger partial charge < -0.3 is 20.1 Å². The van der Waals surface area contributed by atoms with Crippen LogP contribution in [0.3, 0.4) is 0 Å². The van der Waals surface area contributed by atoms with Gasteiger partial charge in [0.1, 0.15) is 6.61 Å². The lowest BCUT2D eigenvalue weighted by Crippen LogP contribution is -2.29. The quantitative estimate of drug-likeness (QED) is 0.0289. The number of allylic oxidation sites excluding steroid dienone is 4. The molecule has 0 rings (SSSR count). The summed E-state index contributed by atoms with van der Waals surface area (Å²) in [5.41, 5.74) is 5.32. The lowest BCUT2D eigenvalue weighted by molar-refractivity contribution is -0.161. The molecule has 276 valence electrons. The van der Waals surface area contributed by atoms with Crippen molar-refractivity contribution in [2.75, 3.05) is 26.4 Å². The Hall–Kier alpha value is -1.51. The van der Waals surface area contributed by atoms with E-state index >= 15 is 0 Å². The number of hydrogen-bond acceptors (Lipinski definition) is 8. The SMILES string of the molecule is CCCCCC=CCC=CCCCCCCCC(=O)OC(COC(=O)CCCCCCCCCCCCC)COP(=O)(O)OCCN. The molecule has 2 unspecified atom stereocenters. The number of esters is 2. The Balaban J connectivity index is 4.25. The lowest BCUT2D eigenvalue weighted by Gasteiger charge is -2.19. The molecule has 0 amide bonds. The third kappa shape index (κ3) is 34.2. The van der Waals surface area contributed by atoms with Crippen LogP contribution < -0.4 is 5.73 Å². The van der Waals surface area contributed by atoms with Gasteiger partial charge in [0, 0.05) is 19.4 Å². The molecule has 0 radical (unpaired) electrons. The number of unbranched alkanes of at least 4 members (excludes halogenated alkanes) is 18. The lowest BCUT2D eigenvalue weighted by atomic mass is 10.1. The summed E-state index contributed by atoms with van der Waals surface area (Å²) >= 11 is 0. The van der Waals surface area contributed by atoms with Crippen LogP contribution in [-0.2, 0) is 32.7 Å². The van der Waals surface area contributed by atoms with E-state index in [-0.39, 0.29) is 38.6 Å². The summed E-state index contributed by atoms with van der Waals surface area (Å²) in [5.74, 6) is -0.844. The molecule has 0 aliphatic carbocycles. The summed E-state index contributed by atoms with van der Waals surface area (Å²) in [5, 5.41) is 0. The van der Waals surface area contributed by atoms with E-state index in [1.54, 1.807) is 0 Å². The van der Waals surface area contributed by atoms with Gasteiger partial charge in [0.15, 0.2) is 6.10 Å². The van der Waals surface area contributed by atoms with E-state index in [0.717, 1.165) is 57.8 Å². The maximum Gasteiger partial charge on any atom is 0.472 e. The molecule has 0 aromatic rings. The van der Waals surface area contributed by atoms with E-state index in [0.29, 0.717) is 6.42 Å². The van der Waals surface area contributed by atoms with E-state index in [1.807, 2.05) is 0 Å². The van der Waals surface area contributed by atoms with Crippen LogP contribution in [0.25, 0.3) is 0 Å². The summed E-state index contributed by atoms with van der Waals surface area (Å²) in [6.07, 6.45) is 33.5. The zero-order chi connectivity index (χ0) is 34.7. The fraction of sp³-hybridized carbons (Fsp3) is 0.838. The maximum absolute atomic E-state index is 12.5. The molecule has 0 heterocycles. The van der Waals surface area contributed by atoms with Crippen LogP contribution in [0.2, 0.25) is 0 Å². The second-order valence-corrected chi connectivity index (χ2v) is 13.9. The number of nitrogens with two attached hydrogens (primary N) is 1. The predicted octanol–water partition coefficient (Wildman–Crippen LogP) is 10.0. The Labute approximate surface area is 287 Å². The summed E-state index contributed by atoms with van der Waals surface area (Å²) < 4.78 is 32.6. The fourth-order valence-electron chi connectivity index (χ4n) is 5.02. The number of ether oxygens (including phenoxy) is 2. The van der Waals surface area contributed by atoms with Crippen molar-refractivity contribution < 1.29 is 37.6 Å². The van der Waals surface area contributed by atoms with Crippen molar-refractivity contribution in [2.24, 2.45) is 5.73 Å². The minimum atomic E-state index is -4.37. The van der Waals surface area contributed by atoms with Crippen LogP contribution in [0.5, 0.6) is 0 Å². The topological polar surface area (TPSA) is 134 Å². The van der Waals surface area contributed by atoms with Crippen molar-refractivity contribution in [3.63, 3.8) is 0 Å². The maximum atomic E-state index is 12.5. The highest BCUT2D eigenvalue weighted by molar-refractivity contribution is 7.47. The van der Waals surface area contributed by atoms with E-state index in [2.05, 4.69) is 38.2 Å². The summed E-state index contributed by atoms with van der Waals surface area (Å²) in [4.78, 5) is 34.6. The smallest absolute Gasteiger partial charge is 0.462 e. The fourth-order valence-corrected chi connectivity index (χ4v) is 5.78. The zero-order valence-electron chi connectivity index (χ0n) is 30.0. The first-order chi connectivity index (χ1) is 22.8. The molecule has 0 bridgehead atoms. The number of hydrogen-bond donors (Lipinski definition) is 2. The highest BCUT2D eigenvalue weighted by atomic mass is 31.2. The minimum absolute atomic E-state index is 0.0521. The highest BCUT2D eigenvalue weighted by Gasteiger charge is 2.25. The van der Waals surface area contributed by atoms with E-state index in [9.17, 15) is 19.0 Å². The summed E-state index contributed by atoms with van der Waals surface area (Å²) in [6.45, 7) is 3.67. The molecule has 0 aliphatic rings. The van der Waals surface area contributed by atoms with E-state index in [1.165, 1.54) is 77.0 Å². The van der Waals surface area contributed by atoms with Gasteiger partial charge in [-0.15, -0.1) is 0 Å². The van der Waals surface area contributed by atoms with Crippen LogP contribution in [0.1, 0.15) is 168 Å². The van der Waals surface area contributed by atoms with Gasteiger partial charge in [0.2, 0.25) is 0 Å². The first-order valence-corrected chi connectivity index (χ1v) is 20.3. The summed E-state index contributed by atoms with van der Waals surface area (Å²) in [6, 6.07) is 0. The van der Waals surface area contributed by atoms with E-state index in [4.69, 9.17) is 24.3 Å². The van der Waals surface area contributed by atoms with Crippen LogP contribution in [0.4, 0.5) is 0 Å². The van der Waals surface area contributed by atoms with Crippen molar-refractivity contribution >= 4 is 19.8 Å². The molecule has 10 heteroatoms. The first kappa shape index (κ1) is 45.5. The third-order valence-electron chi connectivity index (χ3n) is 7.84. The third-order valence-corrected chi connectivity index (χ3v) is 8.82. The molecule has 0 saturated carbocycles. The van der Waals surface area contributed by atoms with Gasteiger partial charge in [-0.3, -0.25) is 18.6 Å². The molecule has 3 N–H and O–H groups in total. The van der Waals surface area contributed by atoms with Crippen LogP contribution in [-0.4, -0.2) is 49.3 Å². The molecule has 0 spiro atoms. The largest absolute Gasteiger partial charge is 0.472 e. The highest BCUT2D eigenvalue weighted by Crippen LogP contribution is 2.43. The number of phosphoric ester groups is 1. The second kappa shape index (κ2) is 34.4.